The maximum atomic E-state index is 12.4. The number of esters is 2. The lowest BCUT2D eigenvalue weighted by atomic mass is 9.87. The Kier molecular flexibility index (Phi) is 4.11. The number of hydrogen-bond acceptors (Lipinski definition) is 6. The lowest BCUT2D eigenvalue weighted by Crippen LogP contribution is -2.20. The van der Waals surface area contributed by atoms with Crippen LogP contribution < -0.4 is 0 Å². The topological polar surface area (TPSA) is 78.3 Å². The standard InChI is InChI=1S/C21H22O6/c1-9(2)11-6-14-12(20(22)24-5)7-15(25-14)17(10(3)4)16-8-13(21(23)26-16)19-18(11)27-19/h7-8,11,16-19H,1,3,6H2,2,4-5H3/t11-,16+,17+,18-,19-/m0/s1. The first-order chi connectivity index (χ1) is 12.8. The van der Waals surface area contributed by atoms with Gasteiger partial charge >= 0.3 is 11.9 Å². The molecule has 1 aromatic rings. The summed E-state index contributed by atoms with van der Waals surface area (Å²) in [6, 6.07) is 1.67. The van der Waals surface area contributed by atoms with Gasteiger partial charge in [-0.05, 0) is 26.0 Å². The van der Waals surface area contributed by atoms with E-state index < -0.39 is 12.1 Å². The number of hydrogen-bond donors (Lipinski definition) is 0. The number of carbonyl (C=O) groups excluding carboxylic acids is 2. The molecule has 27 heavy (non-hydrogen) atoms. The molecule has 4 rings (SSSR count). The number of epoxide rings is 1. The second kappa shape index (κ2) is 6.23. The molecular weight excluding hydrogens is 348 g/mol. The molecule has 3 aliphatic rings. The summed E-state index contributed by atoms with van der Waals surface area (Å²) >= 11 is 0. The van der Waals surface area contributed by atoms with E-state index in [9.17, 15) is 9.59 Å². The summed E-state index contributed by atoms with van der Waals surface area (Å²) in [6.07, 6.45) is 1.19. The van der Waals surface area contributed by atoms with Crippen molar-refractivity contribution < 1.29 is 28.2 Å². The van der Waals surface area contributed by atoms with Crippen molar-refractivity contribution in [3.8, 4) is 0 Å². The van der Waals surface area contributed by atoms with Crippen LogP contribution in [0.1, 0.15) is 41.6 Å². The van der Waals surface area contributed by atoms with Gasteiger partial charge in [-0.3, -0.25) is 0 Å². The summed E-state index contributed by atoms with van der Waals surface area (Å²) in [7, 11) is 1.34. The highest BCUT2D eigenvalue weighted by Gasteiger charge is 2.53. The van der Waals surface area contributed by atoms with Crippen molar-refractivity contribution in [2.75, 3.05) is 7.11 Å². The first-order valence-electron chi connectivity index (χ1n) is 8.91. The summed E-state index contributed by atoms with van der Waals surface area (Å²) < 4.78 is 22.4. The fourth-order valence-electron chi connectivity index (χ4n) is 4.02. The van der Waals surface area contributed by atoms with E-state index in [2.05, 4.69) is 13.2 Å². The first-order valence-corrected chi connectivity index (χ1v) is 8.91. The number of fused-ring (bicyclic) bond motifs is 5. The molecule has 0 unspecified atom stereocenters. The minimum absolute atomic E-state index is 0.0912. The molecule has 0 radical (unpaired) electrons. The van der Waals surface area contributed by atoms with Gasteiger partial charge < -0.3 is 18.6 Å². The van der Waals surface area contributed by atoms with Gasteiger partial charge in [-0.25, -0.2) is 9.59 Å². The van der Waals surface area contributed by atoms with Gasteiger partial charge in [0.15, 0.2) is 0 Å². The molecule has 6 heteroatoms. The molecule has 4 heterocycles. The lowest BCUT2D eigenvalue weighted by Gasteiger charge is -2.20. The van der Waals surface area contributed by atoms with Crippen LogP contribution in [0.15, 0.2) is 46.4 Å². The summed E-state index contributed by atoms with van der Waals surface area (Å²) in [5, 5.41) is 0. The van der Waals surface area contributed by atoms with E-state index in [0.717, 1.165) is 11.1 Å². The number of methoxy groups -OCH3 is 1. The molecule has 6 nitrogen and oxygen atoms in total. The Hall–Kier alpha value is -2.60. The first kappa shape index (κ1) is 17.8. The molecule has 3 aliphatic heterocycles. The van der Waals surface area contributed by atoms with Crippen LogP contribution in [0.25, 0.3) is 0 Å². The van der Waals surface area contributed by atoms with Crippen LogP contribution in [-0.4, -0.2) is 37.4 Å². The summed E-state index contributed by atoms with van der Waals surface area (Å²) in [5.74, 6) is -0.260. The van der Waals surface area contributed by atoms with E-state index in [0.29, 0.717) is 29.1 Å². The van der Waals surface area contributed by atoms with E-state index in [4.69, 9.17) is 18.6 Å². The Morgan fingerprint density at radius 2 is 2.00 bits per heavy atom. The van der Waals surface area contributed by atoms with E-state index in [1.165, 1.54) is 7.11 Å². The largest absolute Gasteiger partial charge is 0.465 e. The molecule has 0 spiro atoms. The highest BCUT2D eigenvalue weighted by molar-refractivity contribution is 5.93. The summed E-state index contributed by atoms with van der Waals surface area (Å²) in [5.41, 5.74) is 2.58. The molecule has 4 bridgehead atoms. The molecule has 5 atom stereocenters. The van der Waals surface area contributed by atoms with Gasteiger partial charge in [-0.2, -0.15) is 0 Å². The lowest BCUT2D eigenvalue weighted by molar-refractivity contribution is -0.140. The smallest absolute Gasteiger partial charge is 0.341 e. The third-order valence-corrected chi connectivity index (χ3v) is 5.49. The van der Waals surface area contributed by atoms with Gasteiger partial charge in [0.1, 0.15) is 29.3 Å². The van der Waals surface area contributed by atoms with Gasteiger partial charge in [0, 0.05) is 12.3 Å². The van der Waals surface area contributed by atoms with Crippen LogP contribution in [0, 0.1) is 5.92 Å². The highest BCUT2D eigenvalue weighted by atomic mass is 16.6. The molecule has 1 fully saturated rings. The fraction of sp³-hybridized carbons (Fsp3) is 0.429. The van der Waals surface area contributed by atoms with Crippen LogP contribution in [0.2, 0.25) is 0 Å². The monoisotopic (exact) mass is 370 g/mol. The summed E-state index contributed by atoms with van der Waals surface area (Å²) in [4.78, 5) is 24.7. The number of carbonyl (C=O) groups is 2. The molecule has 142 valence electrons. The minimum atomic E-state index is -0.541. The van der Waals surface area contributed by atoms with Gasteiger partial charge in [0.2, 0.25) is 0 Å². The molecule has 1 aromatic heterocycles. The number of furan rings is 1. The molecule has 0 amide bonds. The van der Waals surface area contributed by atoms with Crippen LogP contribution in [0.5, 0.6) is 0 Å². The molecule has 0 saturated carbocycles. The third-order valence-electron chi connectivity index (χ3n) is 5.49. The molecular formula is C21H22O6. The van der Waals surface area contributed by atoms with Gasteiger partial charge in [-0.1, -0.05) is 24.3 Å². The predicted octanol–water partition coefficient (Wildman–Crippen LogP) is 3.09. The SMILES string of the molecule is C=C(C)[C@@H]1c2cc(C(=O)OC)c(o2)C[C@@H](C(=C)C)[C@@H]2O[C@H]2C2=C[C@H]1OC2=O. The second-order valence-corrected chi connectivity index (χ2v) is 7.47. The Balaban J connectivity index is 1.87. The maximum Gasteiger partial charge on any atom is 0.341 e. The average Bonchev–Trinajstić information content (AvgIpc) is 3.12. The third kappa shape index (κ3) is 2.84. The van der Waals surface area contributed by atoms with Crippen molar-refractivity contribution in [2.45, 2.75) is 44.5 Å². The van der Waals surface area contributed by atoms with Crippen molar-refractivity contribution in [3.63, 3.8) is 0 Å². The Morgan fingerprint density at radius 3 is 2.63 bits per heavy atom. The maximum absolute atomic E-state index is 12.4. The van der Waals surface area contributed by atoms with Crippen molar-refractivity contribution in [1.29, 1.82) is 0 Å². The van der Waals surface area contributed by atoms with Crippen molar-refractivity contribution in [1.82, 2.24) is 0 Å². The highest BCUT2D eigenvalue weighted by Crippen LogP contribution is 2.45. The van der Waals surface area contributed by atoms with Gasteiger partial charge in [-0.15, -0.1) is 0 Å². The van der Waals surface area contributed by atoms with E-state index >= 15 is 0 Å². The van der Waals surface area contributed by atoms with Gasteiger partial charge in [0.05, 0.1) is 24.7 Å². The molecule has 0 aromatic carbocycles. The van der Waals surface area contributed by atoms with Crippen LogP contribution >= 0.6 is 0 Å². The second-order valence-electron chi connectivity index (χ2n) is 7.47. The molecule has 1 saturated heterocycles. The zero-order valence-corrected chi connectivity index (χ0v) is 15.6. The number of rotatable bonds is 3. The minimum Gasteiger partial charge on any atom is -0.465 e. The Morgan fingerprint density at radius 1 is 1.26 bits per heavy atom. The van der Waals surface area contributed by atoms with E-state index in [1.807, 2.05) is 13.8 Å². The van der Waals surface area contributed by atoms with Crippen LogP contribution in [0.4, 0.5) is 0 Å². The zero-order valence-electron chi connectivity index (χ0n) is 15.6. The molecule has 0 N–H and O–H groups in total. The van der Waals surface area contributed by atoms with Crippen LogP contribution in [0.3, 0.4) is 0 Å². The molecule has 0 aliphatic carbocycles. The van der Waals surface area contributed by atoms with Crippen LogP contribution in [-0.2, 0) is 25.4 Å². The number of ether oxygens (including phenoxy) is 3. The predicted molar refractivity (Wildman–Crippen MR) is 96.2 cm³/mol. The van der Waals surface area contributed by atoms with Gasteiger partial charge in [0.25, 0.3) is 0 Å². The summed E-state index contributed by atoms with van der Waals surface area (Å²) in [6.45, 7) is 11.8. The van der Waals surface area contributed by atoms with Crippen molar-refractivity contribution in [3.05, 3.63) is 59.1 Å². The van der Waals surface area contributed by atoms with Crippen molar-refractivity contribution >= 4 is 11.9 Å². The van der Waals surface area contributed by atoms with Crippen molar-refractivity contribution in [2.24, 2.45) is 5.92 Å². The normalized spacial score (nSPS) is 31.1. The fourth-order valence-corrected chi connectivity index (χ4v) is 4.02. The Bertz CT molecular complexity index is 888. The zero-order chi connectivity index (χ0) is 19.5. The average molecular weight is 370 g/mol. The quantitative estimate of drug-likeness (QED) is 0.462. The van der Waals surface area contributed by atoms with E-state index in [1.54, 1.807) is 12.1 Å². The van der Waals surface area contributed by atoms with E-state index in [-0.39, 0.29) is 30.0 Å². The Labute approximate surface area is 157 Å².